The zero-order valence-electron chi connectivity index (χ0n) is 29.2. The molecule has 2 amide bonds. The molecule has 20 heteroatoms. The summed E-state index contributed by atoms with van der Waals surface area (Å²) < 4.78 is 81.1. The number of piperidine rings is 1. The number of benzene rings is 1. The Hall–Kier alpha value is -4.01. The molecule has 2 fully saturated rings. The third kappa shape index (κ3) is 16.7. The number of carbonyl (C=O) groups excluding carboxylic acids is 2. The predicted octanol–water partition coefficient (Wildman–Crippen LogP) is 4.74. The molecule has 2 saturated heterocycles. The van der Waals surface area contributed by atoms with Crippen molar-refractivity contribution in [3.8, 4) is 5.75 Å². The van der Waals surface area contributed by atoms with Crippen molar-refractivity contribution in [2.75, 3.05) is 59.2 Å². The van der Waals surface area contributed by atoms with Crippen molar-refractivity contribution in [1.82, 2.24) is 14.8 Å². The van der Waals surface area contributed by atoms with Gasteiger partial charge in [-0.15, -0.1) is 11.3 Å². The first-order valence-electron chi connectivity index (χ1n) is 16.5. The number of amides is 2. The molecule has 0 unspecified atom stereocenters. The summed E-state index contributed by atoms with van der Waals surface area (Å²) in [7, 11) is 0. The van der Waals surface area contributed by atoms with Gasteiger partial charge in [0, 0.05) is 43.9 Å². The molecule has 0 saturated carbocycles. The van der Waals surface area contributed by atoms with E-state index in [1.165, 1.54) is 5.56 Å². The summed E-state index contributed by atoms with van der Waals surface area (Å²) in [5.41, 5.74) is 6.60. The summed E-state index contributed by atoms with van der Waals surface area (Å²) in [6.07, 6.45) is -6.31. The zero-order chi connectivity index (χ0) is 39.8. The van der Waals surface area contributed by atoms with E-state index in [1.54, 1.807) is 11.3 Å². The Bertz CT molecular complexity index is 1440. The molecule has 1 aromatic heterocycles. The largest absolute Gasteiger partial charge is 0.494 e. The van der Waals surface area contributed by atoms with Gasteiger partial charge in [0.1, 0.15) is 11.4 Å². The summed E-state index contributed by atoms with van der Waals surface area (Å²) >= 11 is 1.57. The lowest BCUT2D eigenvalue weighted by Gasteiger charge is -2.47. The number of alkyl halides is 6. The maximum Gasteiger partial charge on any atom is 0.490 e. The Kier molecular flexibility index (Phi) is 17.9. The second-order valence-electron chi connectivity index (χ2n) is 12.4. The van der Waals surface area contributed by atoms with Crippen LogP contribution in [0.5, 0.6) is 5.75 Å². The normalized spacial score (nSPS) is 15.9. The maximum atomic E-state index is 13.1. The summed E-state index contributed by atoms with van der Waals surface area (Å²) in [6.45, 7) is 10.6. The van der Waals surface area contributed by atoms with E-state index < -0.39 is 24.3 Å². The first kappa shape index (κ1) is 45.1. The molecule has 298 valence electrons. The second kappa shape index (κ2) is 21.0. The Morgan fingerprint density at radius 1 is 0.962 bits per heavy atom. The van der Waals surface area contributed by atoms with E-state index in [9.17, 15) is 35.9 Å². The van der Waals surface area contributed by atoms with Crippen LogP contribution in [0.15, 0.2) is 29.6 Å². The number of likely N-dealkylation sites (tertiary alicyclic amines) is 1. The van der Waals surface area contributed by atoms with E-state index >= 15 is 0 Å². The highest BCUT2D eigenvalue weighted by Gasteiger charge is 2.41. The van der Waals surface area contributed by atoms with Crippen LogP contribution in [0.2, 0.25) is 0 Å². The summed E-state index contributed by atoms with van der Waals surface area (Å²) in [6, 6.07) is 8.08. The van der Waals surface area contributed by atoms with Gasteiger partial charge in [-0.05, 0) is 43.4 Å². The molecule has 0 aliphatic carbocycles. The number of primary amides is 1. The van der Waals surface area contributed by atoms with Gasteiger partial charge in [0.2, 0.25) is 5.91 Å². The number of aliphatic carboxylic acids is 2. The number of morpholine rings is 1. The van der Waals surface area contributed by atoms with Crippen molar-refractivity contribution in [3.63, 3.8) is 0 Å². The Morgan fingerprint density at radius 2 is 1.55 bits per heavy atom. The first-order valence-corrected chi connectivity index (χ1v) is 17.4. The average molecular weight is 787 g/mol. The molecule has 0 atom stereocenters. The Morgan fingerprint density at radius 3 is 2.06 bits per heavy atom. The molecular weight excluding hydrogens is 742 g/mol. The van der Waals surface area contributed by atoms with E-state index in [1.807, 2.05) is 34.5 Å². The summed E-state index contributed by atoms with van der Waals surface area (Å²) in [5.74, 6) is -4.62. The third-order valence-corrected chi connectivity index (χ3v) is 9.01. The van der Waals surface area contributed by atoms with Crippen molar-refractivity contribution in [3.05, 3.63) is 45.9 Å². The minimum Gasteiger partial charge on any atom is -0.494 e. The number of carboxylic acid groups (broad SMARTS) is 2. The molecule has 0 bridgehead atoms. The van der Waals surface area contributed by atoms with Crippen molar-refractivity contribution >= 4 is 35.1 Å². The average Bonchev–Trinajstić information content (AvgIpc) is 3.58. The number of aromatic nitrogens is 1. The molecule has 13 nitrogen and oxygen atoms in total. The predicted molar refractivity (Wildman–Crippen MR) is 179 cm³/mol. The van der Waals surface area contributed by atoms with Crippen LogP contribution in [0, 0.1) is 0 Å². The van der Waals surface area contributed by atoms with Crippen LogP contribution in [0.3, 0.4) is 0 Å². The molecule has 3 heterocycles. The van der Waals surface area contributed by atoms with Gasteiger partial charge in [-0.25, -0.2) is 14.6 Å². The van der Waals surface area contributed by atoms with Crippen LogP contribution in [0.1, 0.15) is 66.5 Å². The van der Waals surface area contributed by atoms with Gasteiger partial charge >= 0.3 is 24.3 Å². The second-order valence-corrected chi connectivity index (χ2v) is 13.2. The van der Waals surface area contributed by atoms with E-state index in [4.69, 9.17) is 39.7 Å². The van der Waals surface area contributed by atoms with Gasteiger partial charge in [-0.1, -0.05) is 26.0 Å². The quantitative estimate of drug-likeness (QED) is 0.188. The SMILES string of the molecule is CC(C)c1nc(C(=O)N2CCOC3(CCN(CCCOc4ccc(CCOCCC(N)=O)cc4)CC3)C2)cs1.O=C(O)C(F)(F)F.O=C(O)C(F)(F)F. The van der Waals surface area contributed by atoms with Gasteiger partial charge in [0.05, 0.1) is 43.6 Å². The van der Waals surface area contributed by atoms with Crippen LogP contribution in [0.4, 0.5) is 26.3 Å². The number of rotatable bonds is 13. The number of halogens is 6. The number of carbonyl (C=O) groups is 4. The number of carboxylic acids is 2. The molecule has 4 N–H and O–H groups in total. The number of hydrogen-bond donors (Lipinski definition) is 3. The Labute approximate surface area is 306 Å². The van der Waals surface area contributed by atoms with E-state index in [0.29, 0.717) is 51.1 Å². The molecule has 2 aromatic rings. The van der Waals surface area contributed by atoms with Gasteiger partial charge in [0.25, 0.3) is 5.91 Å². The summed E-state index contributed by atoms with van der Waals surface area (Å²) in [5, 5.41) is 17.2. The molecule has 2 aliphatic heterocycles. The van der Waals surface area contributed by atoms with Crippen LogP contribution in [-0.4, -0.2) is 126 Å². The van der Waals surface area contributed by atoms with Gasteiger partial charge in [-0.2, -0.15) is 26.3 Å². The zero-order valence-corrected chi connectivity index (χ0v) is 30.0. The van der Waals surface area contributed by atoms with Crippen LogP contribution in [0.25, 0.3) is 0 Å². The van der Waals surface area contributed by atoms with Gasteiger partial charge < -0.3 is 40.0 Å². The third-order valence-electron chi connectivity index (χ3n) is 7.86. The fourth-order valence-electron chi connectivity index (χ4n) is 5.01. The lowest BCUT2D eigenvalue weighted by atomic mass is 9.89. The van der Waals surface area contributed by atoms with Crippen molar-refractivity contribution < 1.29 is 69.9 Å². The number of ether oxygens (including phenoxy) is 3. The standard InChI is InChI=1S/C29H42N4O5S.2C2HF3O2/c1-22(2)27-31-25(20-39-27)28(35)33-15-19-38-29(21-33)10-13-32(14-11-29)12-3-16-37-24-6-4-23(5-7-24)8-17-36-18-9-26(30)34;2*3-2(4,5)1(6)7/h4-7,20,22H,3,8-19,21H2,1-2H3,(H2,30,34);2*(H,6,7). The van der Waals surface area contributed by atoms with Crippen LogP contribution >= 0.6 is 11.3 Å². The lowest BCUT2D eigenvalue weighted by Crippen LogP contribution is -2.58. The topological polar surface area (TPSA) is 182 Å². The fourth-order valence-corrected chi connectivity index (χ4v) is 5.82. The molecule has 1 spiro atoms. The first-order chi connectivity index (χ1) is 24.7. The van der Waals surface area contributed by atoms with E-state index in [-0.39, 0.29) is 23.8 Å². The lowest BCUT2D eigenvalue weighted by molar-refractivity contribution is -0.193. The van der Waals surface area contributed by atoms with Gasteiger partial charge in [-0.3, -0.25) is 9.59 Å². The van der Waals surface area contributed by atoms with E-state index in [2.05, 4.69) is 23.7 Å². The van der Waals surface area contributed by atoms with Crippen LogP contribution < -0.4 is 10.5 Å². The highest BCUT2D eigenvalue weighted by molar-refractivity contribution is 7.09. The number of nitrogens with two attached hydrogens (primary N) is 1. The number of thiazole rings is 1. The molecule has 0 radical (unpaired) electrons. The van der Waals surface area contributed by atoms with Gasteiger partial charge in [0.15, 0.2) is 0 Å². The fraction of sp³-hybridized carbons (Fsp3) is 0.606. The van der Waals surface area contributed by atoms with E-state index in [0.717, 1.165) is 56.1 Å². The Balaban J connectivity index is 0.000000587. The molecule has 2 aliphatic rings. The minimum absolute atomic E-state index is 0.0296. The molecular formula is C33H44F6N4O9S. The van der Waals surface area contributed by atoms with Crippen molar-refractivity contribution in [2.45, 2.75) is 69.8 Å². The molecule has 4 rings (SSSR count). The molecule has 53 heavy (non-hydrogen) atoms. The summed E-state index contributed by atoms with van der Waals surface area (Å²) in [4.78, 5) is 50.6. The highest BCUT2D eigenvalue weighted by atomic mass is 32.1. The maximum absolute atomic E-state index is 13.1. The number of nitrogens with zero attached hydrogens (tertiary/aromatic N) is 3. The monoisotopic (exact) mass is 786 g/mol. The van der Waals surface area contributed by atoms with Crippen LogP contribution in [-0.2, 0) is 30.3 Å². The minimum atomic E-state index is -5.08. The molecule has 1 aromatic carbocycles. The smallest absolute Gasteiger partial charge is 0.490 e. The van der Waals surface area contributed by atoms with Crippen molar-refractivity contribution in [2.24, 2.45) is 5.73 Å². The highest BCUT2D eigenvalue weighted by Crippen LogP contribution is 2.31. The number of hydrogen-bond acceptors (Lipinski definition) is 10. The van der Waals surface area contributed by atoms with Crippen molar-refractivity contribution in [1.29, 1.82) is 0 Å².